The zero-order valence-corrected chi connectivity index (χ0v) is 20.3. The topological polar surface area (TPSA) is 91.7 Å². The molecule has 9 nitrogen and oxygen atoms in total. The van der Waals surface area contributed by atoms with Crippen LogP contribution in [0.25, 0.3) is 5.69 Å². The number of amides is 1. The number of nitrogens with one attached hydrogen (secondary N) is 2. The van der Waals surface area contributed by atoms with E-state index in [9.17, 15) is 9.59 Å². The number of carbonyl (C=O) groups is 1. The lowest BCUT2D eigenvalue weighted by Crippen LogP contribution is -2.55. The van der Waals surface area contributed by atoms with Crippen molar-refractivity contribution in [3.05, 3.63) is 82.1 Å². The summed E-state index contributed by atoms with van der Waals surface area (Å²) in [7, 11) is 1.69. The molecule has 2 aromatic carbocycles. The van der Waals surface area contributed by atoms with E-state index in [2.05, 4.69) is 33.0 Å². The summed E-state index contributed by atoms with van der Waals surface area (Å²) < 4.78 is 6.81. The van der Waals surface area contributed by atoms with Crippen LogP contribution in [0.5, 0.6) is 5.75 Å². The van der Waals surface area contributed by atoms with Crippen molar-refractivity contribution >= 4 is 11.7 Å². The molecule has 3 heterocycles. The maximum Gasteiger partial charge on any atom is 0.271 e. The zero-order valence-electron chi connectivity index (χ0n) is 20.3. The lowest BCUT2D eigenvalue weighted by atomic mass is 9.77. The van der Waals surface area contributed by atoms with Gasteiger partial charge in [0, 0.05) is 38.2 Å². The van der Waals surface area contributed by atoms with Crippen LogP contribution in [-0.4, -0.2) is 59.9 Å². The maximum atomic E-state index is 13.5. The number of hydrogen-bond acceptors (Lipinski definition) is 7. The smallest absolute Gasteiger partial charge is 0.271 e. The Labute approximate surface area is 209 Å². The number of benzene rings is 2. The molecule has 1 aliphatic carbocycles. The van der Waals surface area contributed by atoms with Gasteiger partial charge in [-0.25, -0.2) is 10.9 Å². The van der Waals surface area contributed by atoms with Crippen LogP contribution in [0, 0.1) is 5.92 Å². The summed E-state index contributed by atoms with van der Waals surface area (Å²) in [6, 6.07) is 18.8. The molecular weight excluding hydrogens is 456 g/mol. The molecule has 3 aliphatic rings. The van der Waals surface area contributed by atoms with Gasteiger partial charge in [0.25, 0.3) is 5.56 Å². The molecule has 1 amide bonds. The third-order valence-corrected chi connectivity index (χ3v) is 7.65. The first-order valence-electron chi connectivity index (χ1n) is 12.5. The van der Waals surface area contributed by atoms with E-state index in [1.807, 2.05) is 41.3 Å². The van der Waals surface area contributed by atoms with Crippen LogP contribution in [0.4, 0.5) is 5.82 Å². The number of methoxy groups -OCH3 is 1. The number of anilines is 1. The van der Waals surface area contributed by atoms with Crippen LogP contribution in [0.15, 0.2) is 65.5 Å². The van der Waals surface area contributed by atoms with Crippen LogP contribution in [0.2, 0.25) is 0 Å². The van der Waals surface area contributed by atoms with E-state index < -0.39 is 0 Å². The number of hydrazine groups is 1. The largest absolute Gasteiger partial charge is 0.497 e. The number of ether oxygens (including phenoxy) is 1. The number of aromatic nitrogens is 2. The van der Waals surface area contributed by atoms with E-state index in [0.29, 0.717) is 26.2 Å². The van der Waals surface area contributed by atoms with Crippen molar-refractivity contribution in [3.8, 4) is 11.4 Å². The normalized spacial score (nSPS) is 23.2. The van der Waals surface area contributed by atoms with Crippen molar-refractivity contribution in [2.75, 3.05) is 38.2 Å². The second-order valence-corrected chi connectivity index (χ2v) is 9.60. The molecule has 0 radical (unpaired) electrons. The summed E-state index contributed by atoms with van der Waals surface area (Å²) in [4.78, 5) is 30.0. The van der Waals surface area contributed by atoms with Gasteiger partial charge in [-0.15, -0.1) is 5.10 Å². The van der Waals surface area contributed by atoms with Gasteiger partial charge >= 0.3 is 0 Å². The molecule has 2 fully saturated rings. The average Bonchev–Trinajstić information content (AvgIpc) is 3.38. The van der Waals surface area contributed by atoms with Crippen molar-refractivity contribution in [2.24, 2.45) is 5.92 Å². The van der Waals surface area contributed by atoms with Gasteiger partial charge in [-0.2, -0.15) is 4.68 Å². The maximum absolute atomic E-state index is 13.5. The molecule has 3 aromatic rings. The molecule has 3 unspecified atom stereocenters. The molecule has 0 spiro atoms. The summed E-state index contributed by atoms with van der Waals surface area (Å²) in [6.45, 7) is 2.58. The summed E-state index contributed by atoms with van der Waals surface area (Å²) in [5.74, 6) is 1.98. The van der Waals surface area contributed by atoms with Crippen molar-refractivity contribution in [1.82, 2.24) is 25.5 Å². The third kappa shape index (κ3) is 4.04. The Balaban J connectivity index is 1.12. The minimum Gasteiger partial charge on any atom is -0.497 e. The Bertz CT molecular complexity index is 1320. The van der Waals surface area contributed by atoms with Crippen LogP contribution in [-0.2, 0) is 11.2 Å². The lowest BCUT2D eigenvalue weighted by Gasteiger charge is -2.37. The number of rotatable bonds is 4. The molecular formula is C27H30N6O3. The van der Waals surface area contributed by atoms with Crippen LogP contribution in [0.3, 0.4) is 0 Å². The molecule has 2 saturated heterocycles. The summed E-state index contributed by atoms with van der Waals surface area (Å²) in [5.41, 5.74) is 9.80. The molecule has 1 aromatic heterocycles. The molecule has 0 saturated carbocycles. The fourth-order valence-corrected chi connectivity index (χ4v) is 5.70. The second-order valence-electron chi connectivity index (χ2n) is 9.60. The first-order chi connectivity index (χ1) is 17.6. The molecule has 3 atom stereocenters. The minimum absolute atomic E-state index is 0.123. The summed E-state index contributed by atoms with van der Waals surface area (Å²) in [5, 5.41) is 4.60. The molecule has 2 aliphatic heterocycles. The number of hydrogen-bond donors (Lipinski definition) is 2. The predicted molar refractivity (Wildman–Crippen MR) is 136 cm³/mol. The number of piperazine rings is 1. The average molecular weight is 487 g/mol. The second kappa shape index (κ2) is 9.40. The quantitative estimate of drug-likeness (QED) is 0.580. The highest BCUT2D eigenvalue weighted by atomic mass is 16.5. The van der Waals surface area contributed by atoms with Gasteiger partial charge in [0.15, 0.2) is 0 Å². The molecule has 6 rings (SSSR count). The Morgan fingerprint density at radius 3 is 2.58 bits per heavy atom. The predicted octanol–water partition coefficient (Wildman–Crippen LogP) is 1.67. The van der Waals surface area contributed by atoms with Crippen LogP contribution < -0.4 is 26.0 Å². The highest BCUT2D eigenvalue weighted by Gasteiger charge is 2.45. The highest BCUT2D eigenvalue weighted by molar-refractivity contribution is 5.83. The van der Waals surface area contributed by atoms with Crippen LogP contribution >= 0.6 is 0 Å². The Hall–Kier alpha value is -3.69. The standard InChI is InChI=1S/C27H30N6O3/c1-36-20-8-10-21-18(17-20)7-9-22-25(21)28-29-26(22)27(35)32-15-13-31(14-16-32)23-11-12-24(34)33(30-23)19-5-3-2-4-6-19/h2-6,8,10-12,17,22,25-26,28-29H,7,9,13-16H2,1H3. The van der Waals surface area contributed by atoms with Gasteiger partial charge < -0.3 is 14.5 Å². The van der Waals surface area contributed by atoms with E-state index in [0.717, 1.165) is 30.1 Å². The first kappa shape index (κ1) is 22.8. The van der Waals surface area contributed by atoms with E-state index in [-0.39, 0.29) is 29.5 Å². The number of nitrogens with zero attached hydrogens (tertiary/aromatic N) is 4. The molecule has 9 heteroatoms. The van der Waals surface area contributed by atoms with Gasteiger partial charge in [0.1, 0.15) is 17.6 Å². The van der Waals surface area contributed by atoms with Gasteiger partial charge in [0.05, 0.1) is 18.8 Å². The Morgan fingerprint density at radius 2 is 1.81 bits per heavy atom. The minimum atomic E-state index is -0.241. The summed E-state index contributed by atoms with van der Waals surface area (Å²) >= 11 is 0. The molecule has 2 N–H and O–H groups in total. The molecule has 186 valence electrons. The number of fused-ring (bicyclic) bond motifs is 3. The highest BCUT2D eigenvalue weighted by Crippen LogP contribution is 2.40. The lowest BCUT2D eigenvalue weighted by molar-refractivity contribution is -0.134. The van der Waals surface area contributed by atoms with Crippen molar-refractivity contribution in [2.45, 2.75) is 24.9 Å². The number of aryl methyl sites for hydroxylation is 1. The summed E-state index contributed by atoms with van der Waals surface area (Å²) in [6.07, 6.45) is 1.89. The van der Waals surface area contributed by atoms with Crippen molar-refractivity contribution in [3.63, 3.8) is 0 Å². The Kier molecular flexibility index (Phi) is 5.94. The van der Waals surface area contributed by atoms with Crippen molar-refractivity contribution in [1.29, 1.82) is 0 Å². The fraction of sp³-hybridized carbons (Fsp3) is 0.370. The fourth-order valence-electron chi connectivity index (χ4n) is 5.70. The molecule has 0 bridgehead atoms. The van der Waals surface area contributed by atoms with E-state index in [1.165, 1.54) is 15.8 Å². The zero-order chi connectivity index (χ0) is 24.6. The number of para-hydroxylation sites is 1. The van der Waals surface area contributed by atoms with E-state index in [4.69, 9.17) is 4.74 Å². The first-order valence-corrected chi connectivity index (χ1v) is 12.5. The van der Waals surface area contributed by atoms with Gasteiger partial charge in [-0.1, -0.05) is 24.3 Å². The van der Waals surface area contributed by atoms with Gasteiger partial charge in [0.2, 0.25) is 5.91 Å². The van der Waals surface area contributed by atoms with E-state index >= 15 is 0 Å². The van der Waals surface area contributed by atoms with Gasteiger partial charge in [-0.05, 0) is 54.3 Å². The monoisotopic (exact) mass is 486 g/mol. The van der Waals surface area contributed by atoms with Crippen molar-refractivity contribution < 1.29 is 9.53 Å². The third-order valence-electron chi connectivity index (χ3n) is 7.65. The Morgan fingerprint density at radius 1 is 1.00 bits per heavy atom. The molecule has 36 heavy (non-hydrogen) atoms. The van der Waals surface area contributed by atoms with Crippen LogP contribution in [0.1, 0.15) is 23.6 Å². The number of carbonyl (C=O) groups excluding carboxylic acids is 1. The van der Waals surface area contributed by atoms with Gasteiger partial charge in [-0.3, -0.25) is 9.59 Å². The SMILES string of the molecule is COc1ccc2c(c1)CCC1C(C(=O)N3CCN(c4ccc(=O)n(-c5ccccc5)n4)CC3)NNC21. The van der Waals surface area contributed by atoms with E-state index in [1.54, 1.807) is 19.2 Å².